The lowest BCUT2D eigenvalue weighted by atomic mass is 10.2. The van der Waals surface area contributed by atoms with Crippen LogP contribution in [0, 0.1) is 0 Å². The number of benzene rings is 3. The van der Waals surface area contributed by atoms with E-state index in [-0.39, 0.29) is 5.91 Å². The molecule has 0 spiro atoms. The van der Waals surface area contributed by atoms with Crippen LogP contribution >= 0.6 is 55.8 Å². The Morgan fingerprint density at radius 3 is 2.43 bits per heavy atom. The smallest absolute Gasteiger partial charge is 0.270 e. The van der Waals surface area contributed by atoms with Gasteiger partial charge in [0, 0.05) is 4.47 Å². The van der Waals surface area contributed by atoms with Crippen LogP contribution in [0.25, 0.3) is 6.08 Å². The van der Waals surface area contributed by atoms with Crippen molar-refractivity contribution in [2.75, 3.05) is 4.90 Å². The molecule has 30 heavy (non-hydrogen) atoms. The van der Waals surface area contributed by atoms with Gasteiger partial charge in [0.1, 0.15) is 12.4 Å². The lowest BCUT2D eigenvalue weighted by Gasteiger charge is -2.14. The molecule has 0 aliphatic carbocycles. The monoisotopic (exact) mass is 559 g/mol. The molecule has 0 bridgehead atoms. The number of carbonyl (C=O) groups excluding carboxylic acids is 1. The Morgan fingerprint density at radius 1 is 1.00 bits per heavy atom. The Bertz CT molecular complexity index is 1130. The maximum absolute atomic E-state index is 12.9. The zero-order chi connectivity index (χ0) is 21.1. The Hall–Kier alpha value is -1.93. The van der Waals surface area contributed by atoms with Gasteiger partial charge in [-0.25, -0.2) is 0 Å². The third-order valence-corrected chi connectivity index (χ3v) is 6.82. The van der Waals surface area contributed by atoms with Crippen molar-refractivity contribution in [3.8, 4) is 5.75 Å². The van der Waals surface area contributed by atoms with Gasteiger partial charge in [-0.05, 0) is 69.5 Å². The second-order valence-electron chi connectivity index (χ2n) is 6.46. The summed E-state index contributed by atoms with van der Waals surface area (Å²) in [5.41, 5.74) is 2.75. The van der Waals surface area contributed by atoms with E-state index in [4.69, 9.17) is 17.0 Å². The minimum Gasteiger partial charge on any atom is -0.488 e. The summed E-state index contributed by atoms with van der Waals surface area (Å²) in [6.45, 7) is 0.491. The first-order chi connectivity index (χ1) is 14.5. The summed E-state index contributed by atoms with van der Waals surface area (Å²) in [5.74, 6) is 0.631. The molecule has 150 valence electrons. The molecule has 0 N–H and O–H groups in total. The lowest BCUT2D eigenvalue weighted by Crippen LogP contribution is -2.27. The molecule has 3 aromatic carbocycles. The predicted molar refractivity (Wildman–Crippen MR) is 135 cm³/mol. The molecule has 0 aromatic heterocycles. The number of halogens is 2. The van der Waals surface area contributed by atoms with E-state index < -0.39 is 0 Å². The molecule has 0 saturated carbocycles. The van der Waals surface area contributed by atoms with E-state index in [2.05, 4.69) is 31.9 Å². The van der Waals surface area contributed by atoms with E-state index in [9.17, 15) is 4.79 Å². The van der Waals surface area contributed by atoms with E-state index >= 15 is 0 Å². The predicted octanol–water partition coefficient (Wildman–Crippen LogP) is 7.20. The van der Waals surface area contributed by atoms with Gasteiger partial charge in [0.25, 0.3) is 5.91 Å². The van der Waals surface area contributed by atoms with Crippen molar-refractivity contribution in [2.24, 2.45) is 0 Å². The molecule has 3 aromatic rings. The van der Waals surface area contributed by atoms with Crippen LogP contribution in [-0.4, -0.2) is 10.2 Å². The van der Waals surface area contributed by atoms with Crippen LogP contribution in [-0.2, 0) is 11.4 Å². The molecular formula is C23H15Br2NO2S2. The van der Waals surface area contributed by atoms with Crippen LogP contribution < -0.4 is 9.64 Å². The van der Waals surface area contributed by atoms with Crippen molar-refractivity contribution in [2.45, 2.75) is 6.61 Å². The maximum Gasteiger partial charge on any atom is 0.270 e. The second kappa shape index (κ2) is 9.47. The summed E-state index contributed by atoms with van der Waals surface area (Å²) in [4.78, 5) is 15.1. The Morgan fingerprint density at radius 2 is 1.73 bits per heavy atom. The van der Waals surface area contributed by atoms with Gasteiger partial charge in [-0.15, -0.1) is 0 Å². The van der Waals surface area contributed by atoms with Crippen molar-refractivity contribution in [3.05, 3.63) is 97.8 Å². The van der Waals surface area contributed by atoms with Crippen LogP contribution in [0.3, 0.4) is 0 Å². The normalized spacial score (nSPS) is 15.1. The van der Waals surface area contributed by atoms with Crippen molar-refractivity contribution in [3.63, 3.8) is 0 Å². The quantitative estimate of drug-likeness (QED) is 0.244. The van der Waals surface area contributed by atoms with Gasteiger partial charge in [-0.1, -0.05) is 76.3 Å². The zero-order valence-electron chi connectivity index (χ0n) is 15.5. The fourth-order valence-electron chi connectivity index (χ4n) is 2.89. The number of rotatable bonds is 5. The minimum absolute atomic E-state index is 0.118. The number of hydrogen-bond donors (Lipinski definition) is 0. The Kier molecular flexibility index (Phi) is 6.73. The van der Waals surface area contributed by atoms with Crippen molar-refractivity contribution in [1.29, 1.82) is 0 Å². The molecule has 1 heterocycles. The van der Waals surface area contributed by atoms with Gasteiger partial charge in [0.2, 0.25) is 0 Å². The number of thioether (sulfide) groups is 1. The van der Waals surface area contributed by atoms with E-state index in [1.807, 2.05) is 78.9 Å². The van der Waals surface area contributed by atoms with E-state index in [1.54, 1.807) is 4.90 Å². The SMILES string of the molecule is O=C1/C(=C\c2ccc(OCc3ccccc3)c(Br)c2)SC(=S)N1c1ccc(Br)cc1. The third-order valence-electron chi connectivity index (χ3n) is 4.37. The van der Waals surface area contributed by atoms with Crippen molar-refractivity contribution >= 4 is 77.8 Å². The van der Waals surface area contributed by atoms with Gasteiger partial charge in [0.05, 0.1) is 15.1 Å². The molecule has 7 heteroatoms. The number of thiocarbonyl (C=S) groups is 1. The lowest BCUT2D eigenvalue weighted by molar-refractivity contribution is -0.113. The fourth-order valence-corrected chi connectivity index (χ4v) is 4.97. The minimum atomic E-state index is -0.118. The van der Waals surface area contributed by atoms with E-state index in [1.165, 1.54) is 11.8 Å². The molecular weight excluding hydrogens is 546 g/mol. The molecule has 1 fully saturated rings. The molecule has 0 radical (unpaired) electrons. The number of carbonyl (C=O) groups is 1. The maximum atomic E-state index is 12.9. The summed E-state index contributed by atoms with van der Waals surface area (Å²) < 4.78 is 8.20. The van der Waals surface area contributed by atoms with Crippen LogP contribution in [0.1, 0.15) is 11.1 Å². The van der Waals surface area contributed by atoms with Gasteiger partial charge in [0.15, 0.2) is 4.32 Å². The summed E-state index contributed by atoms with van der Waals surface area (Å²) in [7, 11) is 0. The van der Waals surface area contributed by atoms with Crippen LogP contribution in [0.5, 0.6) is 5.75 Å². The van der Waals surface area contributed by atoms with Crippen LogP contribution in [0.15, 0.2) is 86.6 Å². The van der Waals surface area contributed by atoms with Gasteiger partial charge >= 0.3 is 0 Å². The standard InChI is InChI=1S/C23H15Br2NO2S2/c24-17-7-9-18(10-8-17)26-22(27)21(30-23(26)29)13-16-6-11-20(19(25)12-16)28-14-15-4-2-1-3-5-15/h1-13H,14H2/b21-13+. The Labute approximate surface area is 201 Å². The van der Waals surface area contributed by atoms with Crippen molar-refractivity contribution < 1.29 is 9.53 Å². The first kappa shape index (κ1) is 21.3. The molecule has 1 saturated heterocycles. The molecule has 1 aliphatic heterocycles. The number of hydrogen-bond acceptors (Lipinski definition) is 4. The largest absolute Gasteiger partial charge is 0.488 e. The van der Waals surface area contributed by atoms with Gasteiger partial charge < -0.3 is 4.74 Å². The zero-order valence-corrected chi connectivity index (χ0v) is 20.4. The third kappa shape index (κ3) is 4.86. The highest BCUT2D eigenvalue weighted by Crippen LogP contribution is 2.37. The van der Waals surface area contributed by atoms with Crippen molar-refractivity contribution in [1.82, 2.24) is 0 Å². The molecule has 1 amide bonds. The number of ether oxygens (including phenoxy) is 1. The van der Waals surface area contributed by atoms with Crippen LogP contribution in [0.4, 0.5) is 5.69 Å². The average molecular weight is 561 g/mol. The first-order valence-corrected chi connectivity index (χ1v) is 11.8. The average Bonchev–Trinajstić information content (AvgIpc) is 3.02. The van der Waals surface area contributed by atoms with Gasteiger partial charge in [-0.2, -0.15) is 0 Å². The summed E-state index contributed by atoms with van der Waals surface area (Å²) in [5, 5.41) is 0. The topological polar surface area (TPSA) is 29.5 Å². The number of nitrogens with zero attached hydrogens (tertiary/aromatic N) is 1. The molecule has 0 atom stereocenters. The highest BCUT2D eigenvalue weighted by molar-refractivity contribution is 9.10. The first-order valence-electron chi connectivity index (χ1n) is 9.01. The summed E-state index contributed by atoms with van der Waals surface area (Å²) >= 11 is 13.7. The van der Waals surface area contributed by atoms with Gasteiger partial charge in [-0.3, -0.25) is 9.69 Å². The summed E-state index contributed by atoms with van der Waals surface area (Å²) in [6.07, 6.45) is 1.85. The molecule has 3 nitrogen and oxygen atoms in total. The molecule has 1 aliphatic rings. The highest BCUT2D eigenvalue weighted by atomic mass is 79.9. The Balaban J connectivity index is 1.50. The number of anilines is 1. The molecule has 4 rings (SSSR count). The fraction of sp³-hybridized carbons (Fsp3) is 0.0435. The number of amides is 1. The summed E-state index contributed by atoms with van der Waals surface area (Å²) in [6, 6.07) is 23.3. The second-order valence-corrected chi connectivity index (χ2v) is 9.90. The molecule has 0 unspecified atom stereocenters. The van der Waals surface area contributed by atoms with E-state index in [0.29, 0.717) is 15.8 Å². The van der Waals surface area contributed by atoms with E-state index in [0.717, 1.165) is 31.5 Å². The highest BCUT2D eigenvalue weighted by Gasteiger charge is 2.33. The van der Waals surface area contributed by atoms with Crippen LogP contribution in [0.2, 0.25) is 0 Å².